The van der Waals surface area contributed by atoms with Crippen molar-refractivity contribution in [2.24, 2.45) is 0 Å². The van der Waals surface area contributed by atoms with Gasteiger partial charge >= 0.3 is 11.9 Å². The molecule has 0 radical (unpaired) electrons. The number of carboxylic acids is 2. The number of nitrogens with zero attached hydrogens (tertiary/aromatic N) is 1. The van der Waals surface area contributed by atoms with E-state index in [0.29, 0.717) is 12.2 Å². The van der Waals surface area contributed by atoms with Crippen LogP contribution >= 0.6 is 0 Å². The maximum Gasteiger partial charge on any atom is 0.328 e. The van der Waals surface area contributed by atoms with Crippen molar-refractivity contribution in [3.63, 3.8) is 0 Å². The first-order valence-corrected chi connectivity index (χ1v) is 8.39. The number of aliphatic carboxylic acids is 2. The van der Waals surface area contributed by atoms with Gasteiger partial charge in [-0.3, -0.25) is 0 Å². The Balaban J connectivity index is 0.000000242. The molecular weight excluding hydrogens is 324 g/mol. The lowest BCUT2D eigenvalue weighted by atomic mass is 10.0. The van der Waals surface area contributed by atoms with E-state index >= 15 is 0 Å². The van der Waals surface area contributed by atoms with E-state index in [1.165, 1.54) is 16.8 Å². The van der Waals surface area contributed by atoms with Crippen LogP contribution in [0.5, 0.6) is 5.75 Å². The molecule has 2 aliphatic rings. The van der Waals surface area contributed by atoms with E-state index in [0.717, 1.165) is 51.4 Å². The summed E-state index contributed by atoms with van der Waals surface area (Å²) in [6, 6.07) is 4.61. The predicted molar refractivity (Wildman–Crippen MR) is 94.5 cm³/mol. The number of anilines is 1. The Bertz CT molecular complexity index is 641. The molecule has 2 aliphatic heterocycles. The molecule has 136 valence electrons. The van der Waals surface area contributed by atoms with Crippen molar-refractivity contribution in [1.82, 2.24) is 5.32 Å². The quantitative estimate of drug-likeness (QED) is 0.708. The minimum absolute atomic E-state index is 0.558. The van der Waals surface area contributed by atoms with Gasteiger partial charge in [-0.2, -0.15) is 0 Å². The van der Waals surface area contributed by atoms with Crippen molar-refractivity contribution in [2.75, 3.05) is 37.7 Å². The van der Waals surface area contributed by atoms with E-state index in [9.17, 15) is 9.59 Å². The van der Waals surface area contributed by atoms with Gasteiger partial charge < -0.3 is 25.2 Å². The van der Waals surface area contributed by atoms with Crippen molar-refractivity contribution in [2.45, 2.75) is 19.8 Å². The lowest BCUT2D eigenvalue weighted by Gasteiger charge is -2.31. The van der Waals surface area contributed by atoms with E-state index in [4.69, 9.17) is 14.9 Å². The van der Waals surface area contributed by atoms with Crippen LogP contribution in [0.2, 0.25) is 0 Å². The molecule has 0 fully saturated rings. The molecule has 0 spiro atoms. The summed E-state index contributed by atoms with van der Waals surface area (Å²) >= 11 is 0. The first-order valence-electron chi connectivity index (χ1n) is 8.39. The van der Waals surface area contributed by atoms with Gasteiger partial charge in [0.15, 0.2) is 0 Å². The fraction of sp³-hybridized carbons (Fsp3) is 0.444. The number of hydrogen-bond acceptors (Lipinski definition) is 5. The van der Waals surface area contributed by atoms with Gasteiger partial charge in [0.2, 0.25) is 0 Å². The number of likely N-dealkylation sites (N-methyl/N-ethyl adjacent to an activating group) is 1. The fourth-order valence-corrected chi connectivity index (χ4v) is 2.91. The minimum Gasteiger partial charge on any atom is -0.490 e. The van der Waals surface area contributed by atoms with Crippen LogP contribution in [-0.4, -0.2) is 54.9 Å². The predicted octanol–water partition coefficient (Wildman–Crippen LogP) is 1.31. The summed E-state index contributed by atoms with van der Waals surface area (Å²) in [6.45, 7) is 7.29. The molecule has 0 aromatic heterocycles. The zero-order chi connectivity index (χ0) is 18.2. The van der Waals surface area contributed by atoms with Crippen molar-refractivity contribution in [3.8, 4) is 5.75 Å². The van der Waals surface area contributed by atoms with Gasteiger partial charge in [0.25, 0.3) is 0 Å². The number of rotatable bonds is 3. The standard InChI is InChI=1S/C14H20N2O.C4H4O4/c1-2-16-7-8-17-14-10-12-4-6-15-5-3-11(12)9-13(14)16;5-3(6)1-2-4(7)8/h9-10,15H,2-8H2,1H3;1-2H,(H,5,6)(H,7,8)/b;2-1+. The van der Waals surface area contributed by atoms with Crippen molar-refractivity contribution >= 4 is 17.6 Å². The lowest BCUT2D eigenvalue weighted by Crippen LogP contribution is -2.32. The smallest absolute Gasteiger partial charge is 0.328 e. The Hall–Kier alpha value is -2.54. The second-order valence-electron chi connectivity index (χ2n) is 5.78. The second kappa shape index (κ2) is 9.08. The molecule has 0 bridgehead atoms. The molecule has 3 N–H and O–H groups in total. The van der Waals surface area contributed by atoms with Gasteiger partial charge in [-0.15, -0.1) is 0 Å². The summed E-state index contributed by atoms with van der Waals surface area (Å²) in [4.78, 5) is 21.5. The zero-order valence-electron chi connectivity index (χ0n) is 14.3. The van der Waals surface area contributed by atoms with Gasteiger partial charge in [-0.1, -0.05) is 0 Å². The Morgan fingerprint density at radius 1 is 1.16 bits per heavy atom. The molecule has 1 aromatic carbocycles. The monoisotopic (exact) mass is 348 g/mol. The third-order valence-corrected chi connectivity index (χ3v) is 4.13. The van der Waals surface area contributed by atoms with Crippen molar-refractivity contribution in [3.05, 3.63) is 35.4 Å². The summed E-state index contributed by atoms with van der Waals surface area (Å²) in [5.74, 6) is -1.43. The third kappa shape index (κ3) is 5.49. The van der Waals surface area contributed by atoms with E-state index < -0.39 is 11.9 Å². The number of ether oxygens (including phenoxy) is 1. The molecule has 0 amide bonds. The summed E-state index contributed by atoms with van der Waals surface area (Å²) < 4.78 is 5.80. The third-order valence-electron chi connectivity index (χ3n) is 4.13. The average molecular weight is 348 g/mol. The number of carboxylic acid groups (broad SMARTS) is 2. The van der Waals surface area contributed by atoms with Crippen LogP contribution < -0.4 is 15.0 Å². The Labute approximate surface area is 146 Å². The Morgan fingerprint density at radius 2 is 1.76 bits per heavy atom. The first-order chi connectivity index (χ1) is 12.0. The van der Waals surface area contributed by atoms with Crippen LogP contribution in [0, 0.1) is 0 Å². The Morgan fingerprint density at radius 3 is 2.32 bits per heavy atom. The highest BCUT2D eigenvalue weighted by Gasteiger charge is 2.20. The normalized spacial score (nSPS) is 16.0. The second-order valence-corrected chi connectivity index (χ2v) is 5.78. The zero-order valence-corrected chi connectivity index (χ0v) is 14.3. The van der Waals surface area contributed by atoms with E-state index in [1.54, 1.807) is 0 Å². The largest absolute Gasteiger partial charge is 0.490 e. The lowest BCUT2D eigenvalue weighted by molar-refractivity contribution is -0.134. The molecular formula is C18H24N2O5. The van der Waals surface area contributed by atoms with Gasteiger partial charge in [0, 0.05) is 18.7 Å². The molecule has 0 aliphatic carbocycles. The summed E-state index contributed by atoms with van der Waals surface area (Å²) in [5, 5.41) is 19.1. The topological polar surface area (TPSA) is 99.1 Å². The van der Waals surface area contributed by atoms with Gasteiger partial charge in [0.1, 0.15) is 12.4 Å². The van der Waals surface area contributed by atoms with Crippen LogP contribution in [0.3, 0.4) is 0 Å². The minimum atomic E-state index is -1.26. The first kappa shape index (κ1) is 18.8. The molecule has 0 saturated carbocycles. The van der Waals surface area contributed by atoms with E-state index in [2.05, 4.69) is 29.3 Å². The van der Waals surface area contributed by atoms with Crippen LogP contribution in [0.15, 0.2) is 24.3 Å². The molecule has 2 heterocycles. The summed E-state index contributed by atoms with van der Waals surface area (Å²) in [6.07, 6.45) is 3.38. The van der Waals surface area contributed by atoms with Crippen molar-refractivity contribution in [1.29, 1.82) is 0 Å². The van der Waals surface area contributed by atoms with Crippen molar-refractivity contribution < 1.29 is 24.5 Å². The summed E-state index contributed by atoms with van der Waals surface area (Å²) in [5.41, 5.74) is 4.25. The van der Waals surface area contributed by atoms with E-state index in [1.807, 2.05) is 0 Å². The van der Waals surface area contributed by atoms with Crippen LogP contribution in [0.25, 0.3) is 0 Å². The molecule has 1 aromatic rings. The molecule has 0 saturated heterocycles. The maximum absolute atomic E-state index is 9.55. The molecule has 25 heavy (non-hydrogen) atoms. The van der Waals surface area contributed by atoms with Crippen LogP contribution in [-0.2, 0) is 22.4 Å². The van der Waals surface area contributed by atoms with E-state index in [-0.39, 0.29) is 0 Å². The molecule has 0 atom stereocenters. The summed E-state index contributed by atoms with van der Waals surface area (Å²) in [7, 11) is 0. The number of carbonyl (C=O) groups is 2. The van der Waals surface area contributed by atoms with Gasteiger partial charge in [-0.25, -0.2) is 9.59 Å². The molecule has 7 heteroatoms. The molecule has 7 nitrogen and oxygen atoms in total. The Kier molecular flexibility index (Phi) is 6.82. The fourth-order valence-electron chi connectivity index (χ4n) is 2.91. The van der Waals surface area contributed by atoms with Crippen LogP contribution in [0.4, 0.5) is 5.69 Å². The maximum atomic E-state index is 9.55. The highest BCUT2D eigenvalue weighted by atomic mass is 16.5. The number of benzene rings is 1. The van der Waals surface area contributed by atoms with Gasteiger partial charge in [0.05, 0.1) is 12.2 Å². The number of hydrogen-bond donors (Lipinski definition) is 3. The molecule has 3 rings (SSSR count). The van der Waals surface area contributed by atoms with Crippen LogP contribution in [0.1, 0.15) is 18.1 Å². The number of fused-ring (bicyclic) bond motifs is 2. The number of nitrogens with one attached hydrogen (secondary N) is 1. The SMILES string of the molecule is CCN1CCOc2cc3c(cc21)CCNCC3.O=C(O)/C=C/C(=O)O. The average Bonchev–Trinajstić information content (AvgIpc) is 2.82. The highest BCUT2D eigenvalue weighted by molar-refractivity contribution is 5.89. The highest BCUT2D eigenvalue weighted by Crippen LogP contribution is 2.35. The molecule has 0 unspecified atom stereocenters. The van der Waals surface area contributed by atoms with Gasteiger partial charge in [-0.05, 0) is 56.1 Å².